The number of amidine groups is 1. The summed E-state index contributed by atoms with van der Waals surface area (Å²) in [7, 11) is 0. The fraction of sp³-hybridized carbons (Fsp3) is 0.562. The first kappa shape index (κ1) is 13.8. The molecule has 1 saturated heterocycles. The molecule has 0 aromatic heterocycles. The summed E-state index contributed by atoms with van der Waals surface area (Å²) < 4.78 is 0. The highest BCUT2D eigenvalue weighted by molar-refractivity contribution is 8.00. The first-order chi connectivity index (χ1) is 9.38. The predicted molar refractivity (Wildman–Crippen MR) is 84.6 cm³/mol. The van der Waals surface area contributed by atoms with E-state index in [1.165, 1.54) is 0 Å². The summed E-state index contributed by atoms with van der Waals surface area (Å²) in [5.41, 5.74) is 1.16. The van der Waals surface area contributed by atoms with E-state index in [0.717, 1.165) is 17.2 Å². The minimum Gasteiger partial charge on any atom is -0.353 e. The van der Waals surface area contributed by atoms with Crippen molar-refractivity contribution >= 4 is 17.6 Å². The summed E-state index contributed by atoms with van der Waals surface area (Å²) in [5.74, 6) is 1.96. The van der Waals surface area contributed by atoms with Gasteiger partial charge in [0.05, 0.1) is 11.0 Å². The van der Waals surface area contributed by atoms with E-state index in [4.69, 9.17) is 4.84 Å². The first-order valence-electron chi connectivity index (χ1n) is 7.14. The molecule has 0 amide bonds. The molecule has 1 atom stereocenters. The molecule has 1 fully saturated rings. The third kappa shape index (κ3) is 1.40. The van der Waals surface area contributed by atoms with E-state index >= 15 is 0 Å². The van der Waals surface area contributed by atoms with Crippen LogP contribution in [0.25, 0.3) is 0 Å². The maximum absolute atomic E-state index is 5.97. The van der Waals surface area contributed by atoms with E-state index in [2.05, 4.69) is 56.8 Å². The lowest BCUT2D eigenvalue weighted by Gasteiger charge is -2.69. The molecule has 1 unspecified atom stereocenters. The zero-order valence-electron chi connectivity index (χ0n) is 12.8. The van der Waals surface area contributed by atoms with Crippen LogP contribution in [0, 0.1) is 5.41 Å². The summed E-state index contributed by atoms with van der Waals surface area (Å²) in [5, 5.41) is 4.07. The van der Waals surface area contributed by atoms with Crippen molar-refractivity contribution < 1.29 is 4.84 Å². The van der Waals surface area contributed by atoms with Crippen LogP contribution < -0.4 is 0 Å². The topological polar surface area (TPSA) is 24.8 Å². The van der Waals surface area contributed by atoms with Crippen molar-refractivity contribution in [3.63, 3.8) is 0 Å². The minimum atomic E-state index is -0.365. The van der Waals surface area contributed by atoms with Gasteiger partial charge in [-0.25, -0.2) is 0 Å². The minimum absolute atomic E-state index is 0.0142. The molecule has 1 aromatic rings. The number of hydrogen-bond acceptors (Lipinski definition) is 4. The molecule has 0 N–H and O–H groups in total. The van der Waals surface area contributed by atoms with E-state index < -0.39 is 0 Å². The summed E-state index contributed by atoms with van der Waals surface area (Å²) in [6, 6.07) is 10.3. The Morgan fingerprint density at radius 1 is 1.15 bits per heavy atom. The van der Waals surface area contributed by atoms with Gasteiger partial charge in [0.1, 0.15) is 0 Å². The highest BCUT2D eigenvalue weighted by Crippen LogP contribution is 2.66. The van der Waals surface area contributed by atoms with Crippen molar-refractivity contribution in [3.8, 4) is 0 Å². The number of benzene rings is 1. The van der Waals surface area contributed by atoms with Crippen LogP contribution in [0.1, 0.15) is 40.2 Å². The third-order valence-corrected chi connectivity index (χ3v) is 6.46. The Morgan fingerprint density at radius 3 is 2.40 bits per heavy atom. The lowest BCUT2D eigenvalue weighted by molar-refractivity contribution is -0.257. The van der Waals surface area contributed by atoms with Gasteiger partial charge in [0, 0.05) is 5.56 Å². The maximum atomic E-state index is 5.97. The fourth-order valence-corrected chi connectivity index (χ4v) is 4.74. The van der Waals surface area contributed by atoms with Gasteiger partial charge < -0.3 is 4.84 Å². The highest BCUT2D eigenvalue weighted by Gasteiger charge is 2.76. The quantitative estimate of drug-likeness (QED) is 0.844. The normalized spacial score (nSPS) is 29.2. The Bertz CT molecular complexity index is 553. The predicted octanol–water partition coefficient (Wildman–Crippen LogP) is 3.91. The van der Waals surface area contributed by atoms with Crippen LogP contribution in [0.4, 0.5) is 0 Å². The molecule has 0 bridgehead atoms. The van der Waals surface area contributed by atoms with Gasteiger partial charge in [-0.15, -0.1) is 0 Å². The second kappa shape index (κ2) is 4.17. The van der Waals surface area contributed by atoms with Gasteiger partial charge in [0.15, 0.2) is 5.84 Å². The lowest BCUT2D eigenvalue weighted by Crippen LogP contribution is -2.81. The zero-order chi connectivity index (χ0) is 14.6. The largest absolute Gasteiger partial charge is 0.353 e. The van der Waals surface area contributed by atoms with E-state index in [-0.39, 0.29) is 16.0 Å². The summed E-state index contributed by atoms with van der Waals surface area (Å²) in [6.45, 7) is 11.3. The average molecular weight is 290 g/mol. The van der Waals surface area contributed by atoms with Crippen molar-refractivity contribution in [2.24, 2.45) is 10.6 Å². The average Bonchev–Trinajstić information content (AvgIpc) is 2.80. The number of fused-ring (bicyclic) bond motifs is 1. The molecule has 1 aromatic carbocycles. The summed E-state index contributed by atoms with van der Waals surface area (Å²) >= 11 is 1.83. The van der Waals surface area contributed by atoms with Crippen molar-refractivity contribution in [1.82, 2.24) is 4.90 Å². The lowest BCUT2D eigenvalue weighted by atomic mass is 9.63. The molecule has 2 heterocycles. The van der Waals surface area contributed by atoms with Gasteiger partial charge in [-0.2, -0.15) is 0 Å². The Balaban J connectivity index is 2.04. The molecule has 3 rings (SSSR count). The van der Waals surface area contributed by atoms with Crippen LogP contribution in [0.15, 0.2) is 35.5 Å². The zero-order valence-corrected chi connectivity index (χ0v) is 13.6. The number of nitrogens with zero attached hydrogens (tertiary/aromatic N) is 2. The van der Waals surface area contributed by atoms with Crippen molar-refractivity contribution in [1.29, 1.82) is 0 Å². The highest BCUT2D eigenvalue weighted by atomic mass is 32.2. The van der Waals surface area contributed by atoms with Gasteiger partial charge in [-0.05, 0) is 19.6 Å². The molecule has 20 heavy (non-hydrogen) atoms. The SMILES string of the molecule is CCSC12ON=C(c3ccccc3)N1C(C)(C)C2(C)C. The standard InChI is InChI=1S/C16H22N2OS/c1-6-20-16-14(2,3)15(4,5)18(16)13(17-19-16)12-10-8-7-9-11-12/h7-11H,6H2,1-5H3. The number of thioether (sulfide) groups is 1. The Kier molecular flexibility index (Phi) is 2.88. The molecule has 108 valence electrons. The molecular formula is C16H22N2OS. The molecule has 2 aliphatic rings. The number of oxime groups is 1. The van der Waals surface area contributed by atoms with Gasteiger partial charge in [0.2, 0.25) is 0 Å². The Hall–Kier alpha value is -1.16. The molecule has 4 heteroatoms. The van der Waals surface area contributed by atoms with E-state index in [1.54, 1.807) is 0 Å². The Labute approximate surface area is 125 Å². The molecular weight excluding hydrogens is 268 g/mol. The summed E-state index contributed by atoms with van der Waals surface area (Å²) in [4.78, 5) is 8.33. The van der Waals surface area contributed by atoms with Gasteiger partial charge in [0.25, 0.3) is 5.06 Å². The van der Waals surface area contributed by atoms with Crippen LogP contribution >= 0.6 is 11.8 Å². The van der Waals surface area contributed by atoms with Crippen LogP contribution in [0.5, 0.6) is 0 Å². The molecule has 0 spiro atoms. The van der Waals surface area contributed by atoms with Crippen LogP contribution in [-0.4, -0.2) is 27.1 Å². The van der Waals surface area contributed by atoms with Crippen molar-refractivity contribution in [3.05, 3.63) is 35.9 Å². The van der Waals surface area contributed by atoms with Gasteiger partial charge in [-0.1, -0.05) is 68.0 Å². The molecule has 0 radical (unpaired) electrons. The van der Waals surface area contributed by atoms with Crippen LogP contribution in [0.3, 0.4) is 0 Å². The first-order valence-corrected chi connectivity index (χ1v) is 8.13. The number of rotatable bonds is 3. The number of hydrogen-bond donors (Lipinski definition) is 0. The van der Waals surface area contributed by atoms with Gasteiger partial charge >= 0.3 is 0 Å². The molecule has 2 aliphatic heterocycles. The fourth-order valence-electron chi connectivity index (χ4n) is 3.20. The second-order valence-electron chi connectivity index (χ2n) is 6.41. The molecule has 0 aliphatic carbocycles. The maximum Gasteiger partial charge on any atom is 0.266 e. The Morgan fingerprint density at radius 2 is 1.80 bits per heavy atom. The smallest absolute Gasteiger partial charge is 0.266 e. The molecule has 3 nitrogen and oxygen atoms in total. The second-order valence-corrected chi connectivity index (χ2v) is 7.83. The van der Waals surface area contributed by atoms with Gasteiger partial charge in [-0.3, -0.25) is 4.90 Å². The molecule has 0 saturated carbocycles. The van der Waals surface area contributed by atoms with E-state index in [0.29, 0.717) is 0 Å². The van der Waals surface area contributed by atoms with E-state index in [9.17, 15) is 0 Å². The third-order valence-electron chi connectivity index (χ3n) is 5.01. The van der Waals surface area contributed by atoms with E-state index in [1.807, 2.05) is 30.0 Å². The van der Waals surface area contributed by atoms with Crippen molar-refractivity contribution in [2.75, 3.05) is 5.75 Å². The summed E-state index contributed by atoms with van der Waals surface area (Å²) in [6.07, 6.45) is 0. The monoisotopic (exact) mass is 290 g/mol. The van der Waals surface area contributed by atoms with Crippen LogP contribution in [0.2, 0.25) is 0 Å². The van der Waals surface area contributed by atoms with Crippen LogP contribution in [-0.2, 0) is 4.84 Å². The van der Waals surface area contributed by atoms with Crippen molar-refractivity contribution in [2.45, 2.75) is 45.2 Å².